The fraction of sp³-hybridized carbons (Fsp3) is 0.143. The highest BCUT2D eigenvalue weighted by Gasteiger charge is 2.18. The molecule has 0 spiro atoms. The predicted molar refractivity (Wildman–Crippen MR) is 95.5 cm³/mol. The summed E-state index contributed by atoms with van der Waals surface area (Å²) >= 11 is 0. The Morgan fingerprint density at radius 1 is 0.923 bits per heavy atom. The number of benzene rings is 2. The van der Waals surface area contributed by atoms with Crippen molar-refractivity contribution in [1.29, 1.82) is 0 Å². The quantitative estimate of drug-likeness (QED) is 0.665. The summed E-state index contributed by atoms with van der Waals surface area (Å²) in [5.74, 6) is -2.34. The minimum atomic E-state index is -1.03. The van der Waals surface area contributed by atoms with Crippen molar-refractivity contribution < 1.29 is 13.6 Å². The zero-order chi connectivity index (χ0) is 18.4. The summed E-state index contributed by atoms with van der Waals surface area (Å²) in [6, 6.07) is 18.4. The molecule has 3 nitrogen and oxygen atoms in total. The van der Waals surface area contributed by atoms with Gasteiger partial charge >= 0.3 is 0 Å². The smallest absolute Gasteiger partial charge is 0.254 e. The van der Waals surface area contributed by atoms with Crippen molar-refractivity contribution >= 4 is 5.91 Å². The molecule has 0 aliphatic carbocycles. The van der Waals surface area contributed by atoms with E-state index in [1.165, 1.54) is 6.07 Å². The van der Waals surface area contributed by atoms with Gasteiger partial charge in [0, 0.05) is 37.0 Å². The molecule has 0 bridgehead atoms. The van der Waals surface area contributed by atoms with Gasteiger partial charge in [0.05, 0.1) is 0 Å². The van der Waals surface area contributed by atoms with Crippen molar-refractivity contribution in [2.75, 3.05) is 6.54 Å². The number of hydrogen-bond donors (Lipinski definition) is 0. The number of pyridine rings is 1. The van der Waals surface area contributed by atoms with Crippen molar-refractivity contribution in [1.82, 2.24) is 9.88 Å². The van der Waals surface area contributed by atoms with Gasteiger partial charge in [-0.3, -0.25) is 9.78 Å². The monoisotopic (exact) mass is 352 g/mol. The first-order chi connectivity index (χ1) is 12.6. The summed E-state index contributed by atoms with van der Waals surface area (Å²) < 4.78 is 26.7. The van der Waals surface area contributed by atoms with Crippen LogP contribution in [0.15, 0.2) is 72.9 Å². The van der Waals surface area contributed by atoms with Crippen LogP contribution in [0.25, 0.3) is 0 Å². The van der Waals surface area contributed by atoms with Crippen molar-refractivity contribution in [3.05, 3.63) is 101 Å². The molecular formula is C21H18F2N2O. The first-order valence-corrected chi connectivity index (χ1v) is 8.31. The molecule has 3 aromatic rings. The van der Waals surface area contributed by atoms with Crippen LogP contribution < -0.4 is 0 Å². The lowest BCUT2D eigenvalue weighted by Gasteiger charge is -2.23. The number of nitrogens with zero attached hydrogens (tertiary/aromatic N) is 2. The lowest BCUT2D eigenvalue weighted by Crippen LogP contribution is -2.32. The van der Waals surface area contributed by atoms with Gasteiger partial charge in [0.15, 0.2) is 11.6 Å². The minimum Gasteiger partial charge on any atom is -0.334 e. The summed E-state index contributed by atoms with van der Waals surface area (Å²) in [6.07, 6.45) is 2.27. The highest BCUT2D eigenvalue weighted by Crippen LogP contribution is 2.14. The SMILES string of the molecule is O=C(c1ccc(F)c(F)c1)N(CCc1ccccn1)Cc1ccccc1. The molecule has 3 rings (SSSR count). The van der Waals surface area contributed by atoms with Gasteiger partial charge in [-0.05, 0) is 35.9 Å². The fourth-order valence-electron chi connectivity index (χ4n) is 2.66. The average Bonchev–Trinajstić information content (AvgIpc) is 2.68. The van der Waals surface area contributed by atoms with E-state index in [1.807, 2.05) is 48.5 Å². The Balaban J connectivity index is 1.81. The van der Waals surface area contributed by atoms with Gasteiger partial charge < -0.3 is 4.90 Å². The molecule has 132 valence electrons. The van der Waals surface area contributed by atoms with Gasteiger partial charge in [0.1, 0.15) is 0 Å². The molecule has 0 N–H and O–H groups in total. The van der Waals surface area contributed by atoms with E-state index in [0.717, 1.165) is 23.4 Å². The molecule has 5 heteroatoms. The molecule has 0 saturated heterocycles. The maximum atomic E-state index is 13.5. The number of carbonyl (C=O) groups excluding carboxylic acids is 1. The molecule has 2 aromatic carbocycles. The topological polar surface area (TPSA) is 33.2 Å². The summed E-state index contributed by atoms with van der Waals surface area (Å²) in [4.78, 5) is 18.7. The molecule has 0 aliphatic rings. The van der Waals surface area contributed by atoms with Gasteiger partial charge in [-0.1, -0.05) is 36.4 Å². The molecule has 1 heterocycles. The van der Waals surface area contributed by atoms with Gasteiger partial charge in [-0.15, -0.1) is 0 Å². The molecule has 0 atom stereocenters. The summed E-state index contributed by atoms with van der Waals surface area (Å²) in [5, 5.41) is 0. The van der Waals surface area contributed by atoms with Crippen molar-refractivity contribution in [2.24, 2.45) is 0 Å². The highest BCUT2D eigenvalue weighted by molar-refractivity contribution is 5.94. The van der Waals surface area contributed by atoms with Crippen LogP contribution in [0.5, 0.6) is 0 Å². The predicted octanol–water partition coefficient (Wildman–Crippen LogP) is 4.24. The maximum Gasteiger partial charge on any atom is 0.254 e. The Bertz CT molecular complexity index is 870. The van der Waals surface area contributed by atoms with Crippen LogP contribution in [0, 0.1) is 11.6 Å². The second kappa shape index (κ2) is 8.34. The van der Waals surface area contributed by atoms with Gasteiger partial charge in [-0.2, -0.15) is 0 Å². The molecule has 0 aliphatic heterocycles. The van der Waals surface area contributed by atoms with E-state index in [2.05, 4.69) is 4.98 Å². The van der Waals surface area contributed by atoms with Crippen LogP contribution in [0.4, 0.5) is 8.78 Å². The summed E-state index contributed by atoms with van der Waals surface area (Å²) in [7, 11) is 0. The molecule has 26 heavy (non-hydrogen) atoms. The molecule has 0 unspecified atom stereocenters. The van der Waals surface area contributed by atoms with Crippen LogP contribution in [0.3, 0.4) is 0 Å². The molecule has 0 saturated carbocycles. The van der Waals surface area contributed by atoms with Crippen LogP contribution in [-0.2, 0) is 13.0 Å². The molecule has 0 fully saturated rings. The third kappa shape index (κ3) is 4.51. The largest absolute Gasteiger partial charge is 0.334 e. The normalized spacial score (nSPS) is 10.5. The van der Waals surface area contributed by atoms with E-state index in [4.69, 9.17) is 0 Å². The van der Waals surface area contributed by atoms with Crippen LogP contribution in [-0.4, -0.2) is 22.3 Å². The van der Waals surface area contributed by atoms with Gasteiger partial charge in [-0.25, -0.2) is 8.78 Å². The molecule has 1 aromatic heterocycles. The van der Waals surface area contributed by atoms with Gasteiger partial charge in [0.25, 0.3) is 5.91 Å². The van der Waals surface area contributed by atoms with E-state index < -0.39 is 11.6 Å². The van der Waals surface area contributed by atoms with Gasteiger partial charge in [0.2, 0.25) is 0 Å². The third-order valence-corrected chi connectivity index (χ3v) is 4.03. The fourth-order valence-corrected chi connectivity index (χ4v) is 2.66. The second-order valence-electron chi connectivity index (χ2n) is 5.91. The zero-order valence-corrected chi connectivity index (χ0v) is 14.1. The first kappa shape index (κ1) is 17.7. The maximum absolute atomic E-state index is 13.5. The van der Waals surface area contributed by atoms with Crippen molar-refractivity contribution in [3.63, 3.8) is 0 Å². The number of carbonyl (C=O) groups is 1. The summed E-state index contributed by atoms with van der Waals surface area (Å²) in [5.41, 5.74) is 1.95. The minimum absolute atomic E-state index is 0.126. The van der Waals surface area contributed by atoms with Crippen molar-refractivity contribution in [3.8, 4) is 0 Å². The lowest BCUT2D eigenvalue weighted by atomic mass is 10.1. The van der Waals surface area contributed by atoms with Crippen LogP contribution in [0.1, 0.15) is 21.6 Å². The Morgan fingerprint density at radius 3 is 2.38 bits per heavy atom. The molecular weight excluding hydrogens is 334 g/mol. The molecule has 1 amide bonds. The van der Waals surface area contributed by atoms with E-state index in [0.29, 0.717) is 19.5 Å². The zero-order valence-electron chi connectivity index (χ0n) is 14.1. The number of amides is 1. The van der Waals surface area contributed by atoms with Crippen molar-refractivity contribution in [2.45, 2.75) is 13.0 Å². The molecule has 0 radical (unpaired) electrons. The van der Waals surface area contributed by atoms with E-state index in [9.17, 15) is 13.6 Å². The Kier molecular flexibility index (Phi) is 5.69. The Morgan fingerprint density at radius 2 is 1.69 bits per heavy atom. The Labute approximate surface area is 150 Å². The standard InChI is InChI=1S/C21H18F2N2O/c22-19-10-9-17(14-20(19)23)21(26)25(15-16-6-2-1-3-7-16)13-11-18-8-4-5-12-24-18/h1-10,12,14H,11,13,15H2. The number of hydrogen-bond acceptors (Lipinski definition) is 2. The van der Waals surface area contributed by atoms with Crippen LogP contribution >= 0.6 is 0 Å². The second-order valence-corrected chi connectivity index (χ2v) is 5.91. The first-order valence-electron chi connectivity index (χ1n) is 8.31. The number of halogens is 2. The number of aromatic nitrogens is 1. The van der Waals surface area contributed by atoms with E-state index >= 15 is 0 Å². The average molecular weight is 352 g/mol. The third-order valence-electron chi connectivity index (χ3n) is 4.03. The van der Waals surface area contributed by atoms with Crippen LogP contribution in [0.2, 0.25) is 0 Å². The number of rotatable bonds is 6. The van der Waals surface area contributed by atoms with E-state index in [1.54, 1.807) is 11.1 Å². The van der Waals surface area contributed by atoms with E-state index in [-0.39, 0.29) is 11.5 Å². The lowest BCUT2D eigenvalue weighted by molar-refractivity contribution is 0.0744. The Hall–Kier alpha value is -3.08. The summed E-state index contributed by atoms with van der Waals surface area (Å²) in [6.45, 7) is 0.801. The highest BCUT2D eigenvalue weighted by atomic mass is 19.2.